The molecule has 0 radical (unpaired) electrons. The fraction of sp³-hybridized carbons (Fsp3) is 0.867. The van der Waals surface area contributed by atoms with Crippen LogP contribution in [0.3, 0.4) is 0 Å². The van der Waals surface area contributed by atoms with Crippen molar-refractivity contribution in [2.75, 3.05) is 0 Å². The second-order valence-electron chi connectivity index (χ2n) is 13.6. The van der Waals surface area contributed by atoms with Gasteiger partial charge in [0.15, 0.2) is 0 Å². The Morgan fingerprint density at radius 2 is 1.77 bits per heavy atom. The fourth-order valence-corrected chi connectivity index (χ4v) is 9.59. The first-order valence-corrected chi connectivity index (χ1v) is 13.3. The summed E-state index contributed by atoms with van der Waals surface area (Å²) in [5.74, 6) is 3.50. The molecule has 4 aliphatic carbocycles. The van der Waals surface area contributed by atoms with Crippen LogP contribution < -0.4 is 0 Å². The minimum absolute atomic E-state index is 0.445. The van der Waals surface area contributed by atoms with Gasteiger partial charge in [0, 0.05) is 0 Å². The van der Waals surface area contributed by atoms with Gasteiger partial charge in [0.25, 0.3) is 0 Å². The van der Waals surface area contributed by atoms with E-state index in [9.17, 15) is 0 Å². The Balaban J connectivity index is 1.62. The normalized spacial score (nSPS) is 45.6. The second kappa shape index (κ2) is 7.52. The van der Waals surface area contributed by atoms with E-state index in [1.165, 1.54) is 69.8 Å². The largest absolute Gasteiger partial charge is 0.0859 e. The molecule has 30 heavy (non-hydrogen) atoms. The van der Waals surface area contributed by atoms with Gasteiger partial charge in [0.2, 0.25) is 0 Å². The highest BCUT2D eigenvalue weighted by atomic mass is 14.7. The molecule has 170 valence electrons. The van der Waals surface area contributed by atoms with Crippen molar-refractivity contribution in [2.45, 2.75) is 120 Å². The molecule has 0 aromatic rings. The quantitative estimate of drug-likeness (QED) is 0.405. The smallest absolute Gasteiger partial charge is 0.00568 e. The van der Waals surface area contributed by atoms with Gasteiger partial charge in [-0.15, -0.1) is 0 Å². The van der Waals surface area contributed by atoms with Gasteiger partial charge in [-0.1, -0.05) is 71.3 Å². The third-order valence-electron chi connectivity index (χ3n) is 11.5. The van der Waals surface area contributed by atoms with Crippen LogP contribution in [0.25, 0.3) is 0 Å². The molecule has 0 spiro atoms. The summed E-state index contributed by atoms with van der Waals surface area (Å²) in [7, 11) is 0. The lowest BCUT2D eigenvalue weighted by Gasteiger charge is -2.63. The molecule has 0 aromatic heterocycles. The predicted molar refractivity (Wildman–Crippen MR) is 131 cm³/mol. The number of allylic oxidation sites excluding steroid dienone is 4. The van der Waals surface area contributed by atoms with Crippen molar-refractivity contribution in [3.05, 3.63) is 23.3 Å². The molecule has 4 aliphatic rings. The summed E-state index contributed by atoms with van der Waals surface area (Å²) in [6, 6.07) is 0. The molecule has 7 atom stereocenters. The molecule has 0 aromatic carbocycles. The molecule has 3 saturated carbocycles. The van der Waals surface area contributed by atoms with Crippen LogP contribution in [-0.4, -0.2) is 0 Å². The Hall–Kier alpha value is -0.520. The van der Waals surface area contributed by atoms with E-state index in [0.717, 1.165) is 23.7 Å². The third kappa shape index (κ3) is 3.21. The topological polar surface area (TPSA) is 0 Å². The lowest BCUT2D eigenvalue weighted by Crippen LogP contribution is -2.55. The number of hydrogen-bond acceptors (Lipinski definition) is 0. The van der Waals surface area contributed by atoms with Crippen LogP contribution in [0.4, 0.5) is 0 Å². The van der Waals surface area contributed by atoms with Crippen LogP contribution in [0.15, 0.2) is 23.3 Å². The zero-order valence-electron chi connectivity index (χ0n) is 21.5. The highest BCUT2D eigenvalue weighted by Gasteiger charge is 2.64. The monoisotopic (exact) mass is 410 g/mol. The fourth-order valence-electron chi connectivity index (χ4n) is 9.59. The first kappa shape index (κ1) is 22.7. The van der Waals surface area contributed by atoms with Crippen LogP contribution in [0.2, 0.25) is 0 Å². The van der Waals surface area contributed by atoms with Crippen molar-refractivity contribution >= 4 is 0 Å². The molecular weight excluding hydrogens is 360 g/mol. The zero-order valence-corrected chi connectivity index (χ0v) is 21.5. The first-order valence-electron chi connectivity index (χ1n) is 13.3. The van der Waals surface area contributed by atoms with Crippen molar-refractivity contribution in [3.8, 4) is 0 Å². The van der Waals surface area contributed by atoms with Gasteiger partial charge in [0.1, 0.15) is 0 Å². The van der Waals surface area contributed by atoms with E-state index < -0.39 is 0 Å². The average molecular weight is 411 g/mol. The van der Waals surface area contributed by atoms with E-state index in [1.807, 2.05) is 5.57 Å². The maximum absolute atomic E-state index is 2.80. The first-order chi connectivity index (χ1) is 14.0. The predicted octanol–water partition coefficient (Wildman–Crippen LogP) is 9.36. The lowest BCUT2D eigenvalue weighted by molar-refractivity contribution is -0.0798. The molecule has 0 N–H and O–H groups in total. The second-order valence-corrected chi connectivity index (χ2v) is 13.6. The molecule has 0 unspecified atom stereocenters. The summed E-state index contributed by atoms with van der Waals surface area (Å²) in [5.41, 5.74) is 5.42. The number of rotatable bonds is 4. The van der Waals surface area contributed by atoms with E-state index in [2.05, 4.69) is 67.5 Å². The van der Waals surface area contributed by atoms with Crippen LogP contribution in [-0.2, 0) is 0 Å². The summed E-state index contributed by atoms with van der Waals surface area (Å²) in [5, 5.41) is 0. The van der Waals surface area contributed by atoms with E-state index >= 15 is 0 Å². The number of hydrogen-bond donors (Lipinski definition) is 0. The zero-order chi connectivity index (χ0) is 21.9. The Morgan fingerprint density at radius 3 is 2.47 bits per heavy atom. The molecule has 0 saturated heterocycles. The standard InChI is InChI=1S/C30H50/c1-21(2)11-9-12-22(3)23-15-19-30(8)25-13-14-26-27(4,5)17-10-18-28(26,6)24(25)16-20-29(23,30)7/h11,13,22-24,26H,9-10,12,14-20H2,1-8H3/t22-,23-,24+,26-,28+,29-,30+/m0/s1. The minimum atomic E-state index is 0.445. The van der Waals surface area contributed by atoms with Crippen LogP contribution in [0, 0.1) is 45.3 Å². The summed E-state index contributed by atoms with van der Waals surface area (Å²) in [6.07, 6.45) is 19.4. The van der Waals surface area contributed by atoms with Crippen molar-refractivity contribution in [1.29, 1.82) is 0 Å². The molecule has 0 heterocycles. The van der Waals surface area contributed by atoms with Crippen molar-refractivity contribution < 1.29 is 0 Å². The summed E-state index contributed by atoms with van der Waals surface area (Å²) < 4.78 is 0. The van der Waals surface area contributed by atoms with Gasteiger partial charge in [-0.3, -0.25) is 0 Å². The lowest BCUT2D eigenvalue weighted by atomic mass is 9.41. The van der Waals surface area contributed by atoms with E-state index in [0.29, 0.717) is 21.7 Å². The van der Waals surface area contributed by atoms with Gasteiger partial charge in [-0.2, -0.15) is 0 Å². The summed E-state index contributed by atoms with van der Waals surface area (Å²) in [4.78, 5) is 0. The summed E-state index contributed by atoms with van der Waals surface area (Å²) in [6.45, 7) is 20.3. The molecule has 0 heteroatoms. The summed E-state index contributed by atoms with van der Waals surface area (Å²) >= 11 is 0. The molecule has 4 rings (SSSR count). The number of fused-ring (bicyclic) bond motifs is 5. The maximum atomic E-state index is 2.80. The van der Waals surface area contributed by atoms with Crippen LogP contribution in [0.1, 0.15) is 120 Å². The highest BCUT2D eigenvalue weighted by Crippen LogP contribution is 2.73. The molecule has 0 bridgehead atoms. The Labute approximate surface area is 188 Å². The molecule has 3 fully saturated rings. The van der Waals surface area contributed by atoms with Gasteiger partial charge in [-0.05, 0) is 117 Å². The molecule has 0 aliphatic heterocycles. The van der Waals surface area contributed by atoms with Gasteiger partial charge in [-0.25, -0.2) is 0 Å². The molecule has 0 nitrogen and oxygen atoms in total. The minimum Gasteiger partial charge on any atom is -0.0859 e. The van der Waals surface area contributed by atoms with E-state index in [1.54, 1.807) is 0 Å². The third-order valence-corrected chi connectivity index (χ3v) is 11.5. The van der Waals surface area contributed by atoms with Crippen LogP contribution >= 0.6 is 0 Å². The maximum Gasteiger partial charge on any atom is -0.00568 e. The Bertz CT molecular complexity index is 718. The van der Waals surface area contributed by atoms with Gasteiger partial charge >= 0.3 is 0 Å². The van der Waals surface area contributed by atoms with Gasteiger partial charge in [0.05, 0.1) is 0 Å². The van der Waals surface area contributed by atoms with E-state index in [4.69, 9.17) is 0 Å². The average Bonchev–Trinajstić information content (AvgIpc) is 2.92. The van der Waals surface area contributed by atoms with Gasteiger partial charge < -0.3 is 0 Å². The molecular formula is C30H50. The van der Waals surface area contributed by atoms with Crippen molar-refractivity contribution in [3.63, 3.8) is 0 Å². The van der Waals surface area contributed by atoms with E-state index in [-0.39, 0.29) is 0 Å². The Morgan fingerprint density at radius 1 is 1.03 bits per heavy atom. The van der Waals surface area contributed by atoms with Crippen molar-refractivity contribution in [2.24, 2.45) is 45.3 Å². The highest BCUT2D eigenvalue weighted by molar-refractivity contribution is 5.33. The molecule has 0 amide bonds. The van der Waals surface area contributed by atoms with Crippen molar-refractivity contribution in [1.82, 2.24) is 0 Å². The van der Waals surface area contributed by atoms with Crippen LogP contribution in [0.5, 0.6) is 0 Å². The Kier molecular flexibility index (Phi) is 5.68. The SMILES string of the molecule is CC(C)=CCC[C@H](C)[C@@H]1CC[C@]2(C)C3=CC[C@H]4C(C)(C)CCC[C@]4(C)[C@@H]3CC[C@@]12C.